The number of ether oxygens (including phenoxy) is 3. The van der Waals surface area contributed by atoms with Crippen LogP contribution in [0, 0.1) is 0 Å². The van der Waals surface area contributed by atoms with Crippen LogP contribution in [-0.2, 0) is 20.9 Å². The van der Waals surface area contributed by atoms with E-state index in [1.165, 1.54) is 11.7 Å². The van der Waals surface area contributed by atoms with E-state index in [1.807, 2.05) is 23.1 Å². The fourth-order valence-corrected chi connectivity index (χ4v) is 5.17. The fraction of sp³-hybridized carbons (Fsp3) is 0.360. The molecule has 1 aliphatic rings. The minimum Gasteiger partial charge on any atom is -0.497 e. The maximum atomic E-state index is 13.3. The molecule has 1 aliphatic heterocycles. The van der Waals surface area contributed by atoms with Crippen LogP contribution in [0.15, 0.2) is 52.4 Å². The van der Waals surface area contributed by atoms with Crippen LogP contribution in [0.5, 0.6) is 11.5 Å². The van der Waals surface area contributed by atoms with Gasteiger partial charge in [0.2, 0.25) is 5.91 Å². The summed E-state index contributed by atoms with van der Waals surface area (Å²) in [5.41, 5.74) is 1.05. The van der Waals surface area contributed by atoms with E-state index in [0.29, 0.717) is 34.1 Å². The van der Waals surface area contributed by atoms with E-state index in [1.54, 1.807) is 38.5 Å². The molecule has 9 nitrogen and oxygen atoms in total. The standard InChI is InChI=1S/C25H27N3O6S/c1-32-16-10-11-21(33-2)18(13-16)20-9-6-12-27(20)22(29)15-35-25-26-19-8-5-4-7-17(19)24(31)28(25)14-23(30)34-3/h4-5,7-8,10-11,13,20H,6,9,12,14-15H2,1-3H3. The van der Waals surface area contributed by atoms with Crippen molar-refractivity contribution < 1.29 is 23.8 Å². The van der Waals surface area contributed by atoms with E-state index < -0.39 is 5.97 Å². The highest BCUT2D eigenvalue weighted by molar-refractivity contribution is 7.99. The highest BCUT2D eigenvalue weighted by Crippen LogP contribution is 2.39. The number of rotatable bonds is 8. The molecule has 2 aromatic carbocycles. The van der Waals surface area contributed by atoms with Crippen LogP contribution >= 0.6 is 11.8 Å². The monoisotopic (exact) mass is 497 g/mol. The molecular formula is C25H27N3O6S. The third-order valence-electron chi connectivity index (χ3n) is 6.04. The van der Waals surface area contributed by atoms with Gasteiger partial charge < -0.3 is 19.1 Å². The molecule has 0 radical (unpaired) electrons. The number of para-hydroxylation sites is 1. The molecular weight excluding hydrogens is 470 g/mol. The second-order valence-corrected chi connectivity index (χ2v) is 8.96. The van der Waals surface area contributed by atoms with E-state index in [0.717, 1.165) is 30.2 Å². The van der Waals surface area contributed by atoms with E-state index >= 15 is 0 Å². The Hall–Kier alpha value is -3.53. The van der Waals surface area contributed by atoms with Crippen molar-refractivity contribution in [1.82, 2.24) is 14.5 Å². The first-order chi connectivity index (χ1) is 17.0. The molecule has 0 bridgehead atoms. The Bertz CT molecular complexity index is 1310. The summed E-state index contributed by atoms with van der Waals surface area (Å²) < 4.78 is 16.9. The number of hydrogen-bond acceptors (Lipinski definition) is 8. The largest absolute Gasteiger partial charge is 0.497 e. The lowest BCUT2D eigenvalue weighted by atomic mass is 10.0. The van der Waals surface area contributed by atoms with Crippen LogP contribution in [-0.4, -0.2) is 60.0 Å². The highest BCUT2D eigenvalue weighted by atomic mass is 32.2. The normalized spacial score (nSPS) is 15.3. The number of nitrogens with zero attached hydrogens (tertiary/aromatic N) is 3. The van der Waals surface area contributed by atoms with Crippen molar-refractivity contribution in [3.8, 4) is 11.5 Å². The Labute approximate surface area is 207 Å². The Morgan fingerprint density at radius 2 is 1.91 bits per heavy atom. The van der Waals surface area contributed by atoms with Crippen LogP contribution in [0.3, 0.4) is 0 Å². The van der Waals surface area contributed by atoms with Gasteiger partial charge in [0.25, 0.3) is 5.56 Å². The molecule has 4 rings (SSSR count). The second kappa shape index (κ2) is 10.8. The van der Waals surface area contributed by atoms with Crippen molar-refractivity contribution in [1.29, 1.82) is 0 Å². The van der Waals surface area contributed by atoms with E-state index in [4.69, 9.17) is 14.2 Å². The van der Waals surface area contributed by atoms with Gasteiger partial charge in [0.05, 0.1) is 44.0 Å². The van der Waals surface area contributed by atoms with Gasteiger partial charge in [0.1, 0.15) is 18.0 Å². The summed E-state index contributed by atoms with van der Waals surface area (Å²) in [4.78, 5) is 44.7. The molecule has 1 amide bonds. The number of carbonyl (C=O) groups excluding carboxylic acids is 2. The third kappa shape index (κ3) is 5.12. The zero-order chi connectivity index (χ0) is 24.9. The van der Waals surface area contributed by atoms with Crippen molar-refractivity contribution in [3.63, 3.8) is 0 Å². The van der Waals surface area contributed by atoms with E-state index in [-0.39, 0.29) is 29.8 Å². The van der Waals surface area contributed by atoms with Crippen molar-refractivity contribution in [2.45, 2.75) is 30.6 Å². The average molecular weight is 498 g/mol. The summed E-state index contributed by atoms with van der Waals surface area (Å²) in [5.74, 6) is 0.804. The molecule has 1 fully saturated rings. The number of methoxy groups -OCH3 is 3. The van der Waals surface area contributed by atoms with Gasteiger partial charge in [0, 0.05) is 12.1 Å². The number of carbonyl (C=O) groups is 2. The third-order valence-corrected chi connectivity index (χ3v) is 7.00. The molecule has 2 heterocycles. The number of hydrogen-bond donors (Lipinski definition) is 0. The summed E-state index contributed by atoms with van der Waals surface area (Å²) in [6.07, 6.45) is 1.67. The van der Waals surface area contributed by atoms with Crippen molar-refractivity contribution in [2.75, 3.05) is 33.6 Å². The number of benzene rings is 2. The molecule has 1 aromatic heterocycles. The van der Waals surface area contributed by atoms with Gasteiger partial charge in [-0.15, -0.1) is 0 Å². The number of thioether (sulfide) groups is 1. The number of likely N-dealkylation sites (tertiary alicyclic amines) is 1. The minimum absolute atomic E-state index is 0.0642. The van der Waals surface area contributed by atoms with Crippen molar-refractivity contribution in [2.24, 2.45) is 0 Å². The lowest BCUT2D eigenvalue weighted by molar-refractivity contribution is -0.141. The Morgan fingerprint density at radius 1 is 1.11 bits per heavy atom. The van der Waals surface area contributed by atoms with Gasteiger partial charge >= 0.3 is 5.97 Å². The maximum absolute atomic E-state index is 13.3. The molecule has 1 saturated heterocycles. The molecule has 10 heteroatoms. The first kappa shape index (κ1) is 24.6. The number of esters is 1. The number of fused-ring (bicyclic) bond motifs is 1. The van der Waals surface area contributed by atoms with Gasteiger partial charge in [-0.1, -0.05) is 23.9 Å². The highest BCUT2D eigenvalue weighted by Gasteiger charge is 2.32. The molecule has 184 valence electrons. The van der Waals surface area contributed by atoms with Gasteiger partial charge in [0.15, 0.2) is 5.16 Å². The van der Waals surface area contributed by atoms with Gasteiger partial charge in [-0.2, -0.15) is 0 Å². The molecule has 0 aliphatic carbocycles. The summed E-state index contributed by atoms with van der Waals surface area (Å²) in [6, 6.07) is 12.3. The van der Waals surface area contributed by atoms with Crippen molar-refractivity contribution in [3.05, 3.63) is 58.4 Å². The summed E-state index contributed by atoms with van der Waals surface area (Å²) in [7, 11) is 4.47. The zero-order valence-corrected chi connectivity index (χ0v) is 20.7. The molecule has 0 N–H and O–H groups in total. The molecule has 0 spiro atoms. The predicted molar refractivity (Wildman–Crippen MR) is 132 cm³/mol. The molecule has 1 atom stereocenters. The Balaban J connectivity index is 1.59. The van der Waals surface area contributed by atoms with Crippen LogP contribution in [0.4, 0.5) is 0 Å². The molecule has 35 heavy (non-hydrogen) atoms. The second-order valence-electron chi connectivity index (χ2n) is 8.02. The predicted octanol–water partition coefficient (Wildman–Crippen LogP) is 3.04. The van der Waals surface area contributed by atoms with Gasteiger partial charge in [-0.05, 0) is 43.2 Å². The van der Waals surface area contributed by atoms with Crippen molar-refractivity contribution >= 4 is 34.5 Å². The lowest BCUT2D eigenvalue weighted by Crippen LogP contribution is -2.33. The summed E-state index contributed by atoms with van der Waals surface area (Å²) in [6.45, 7) is 0.335. The number of amides is 1. The average Bonchev–Trinajstić information content (AvgIpc) is 3.38. The van der Waals surface area contributed by atoms with Crippen LogP contribution in [0.1, 0.15) is 24.4 Å². The van der Waals surface area contributed by atoms with E-state index in [2.05, 4.69) is 4.98 Å². The topological polar surface area (TPSA) is 100.0 Å². The lowest BCUT2D eigenvalue weighted by Gasteiger charge is -2.26. The quantitative estimate of drug-likeness (QED) is 0.266. The first-order valence-electron chi connectivity index (χ1n) is 11.2. The smallest absolute Gasteiger partial charge is 0.325 e. The van der Waals surface area contributed by atoms with Gasteiger partial charge in [-0.3, -0.25) is 19.0 Å². The summed E-state index contributed by atoms with van der Waals surface area (Å²) in [5, 5.41) is 0.693. The Morgan fingerprint density at radius 3 is 2.66 bits per heavy atom. The van der Waals surface area contributed by atoms with Gasteiger partial charge in [-0.25, -0.2) is 4.98 Å². The Kier molecular flexibility index (Phi) is 7.60. The number of aromatic nitrogens is 2. The van der Waals surface area contributed by atoms with Crippen LogP contribution in [0.2, 0.25) is 0 Å². The van der Waals surface area contributed by atoms with Crippen LogP contribution < -0.4 is 15.0 Å². The van der Waals surface area contributed by atoms with Crippen LogP contribution in [0.25, 0.3) is 10.9 Å². The molecule has 1 unspecified atom stereocenters. The summed E-state index contributed by atoms with van der Waals surface area (Å²) >= 11 is 1.14. The minimum atomic E-state index is -0.568. The zero-order valence-electron chi connectivity index (χ0n) is 19.9. The molecule has 0 saturated carbocycles. The maximum Gasteiger partial charge on any atom is 0.325 e. The fourth-order valence-electron chi connectivity index (χ4n) is 4.29. The first-order valence-corrected chi connectivity index (χ1v) is 12.2. The molecule has 3 aromatic rings. The SMILES string of the molecule is COC(=O)Cn1c(SCC(=O)N2CCCC2c2cc(OC)ccc2OC)nc2ccccc2c1=O. The van der Waals surface area contributed by atoms with E-state index in [9.17, 15) is 14.4 Å².